The Kier molecular flexibility index (Phi) is 8.57. The van der Waals surface area contributed by atoms with Gasteiger partial charge in [-0.25, -0.2) is 0 Å². The van der Waals surface area contributed by atoms with Crippen LogP contribution in [-0.4, -0.2) is 37.7 Å². The van der Waals surface area contributed by atoms with Gasteiger partial charge in [0.25, 0.3) is 5.91 Å². The smallest absolute Gasteiger partial charge is 0.267 e. The fraction of sp³-hybridized carbons (Fsp3) is 0.259. The molecule has 9 heteroatoms. The molecule has 7 nitrogen and oxygen atoms in total. The number of nitrogens with one attached hydrogen (secondary N) is 1. The Bertz CT molecular complexity index is 1220. The Hall–Kier alpha value is -3.42. The normalized spacial score (nSPS) is 14.6. The van der Waals surface area contributed by atoms with E-state index in [9.17, 15) is 9.59 Å². The third-order valence-corrected chi connectivity index (χ3v) is 6.01. The van der Waals surface area contributed by atoms with Gasteiger partial charge in [-0.2, -0.15) is 0 Å². The highest BCUT2D eigenvalue weighted by molar-refractivity contribution is 6.35. The molecule has 0 fully saturated rings. The van der Waals surface area contributed by atoms with Crippen molar-refractivity contribution in [2.24, 2.45) is 0 Å². The second kappa shape index (κ2) is 12.0. The second-order valence-electron chi connectivity index (χ2n) is 8.17. The van der Waals surface area contributed by atoms with Crippen molar-refractivity contribution in [1.82, 2.24) is 0 Å². The molecule has 1 N–H and O–H groups in total. The zero-order valence-corrected chi connectivity index (χ0v) is 21.2. The topological polar surface area (TPSA) is 77.1 Å². The lowest BCUT2D eigenvalue weighted by Gasteiger charge is -2.33. The summed E-state index contributed by atoms with van der Waals surface area (Å²) in [4.78, 5) is 26.8. The van der Waals surface area contributed by atoms with Crippen LogP contribution in [-0.2, 0) is 9.59 Å². The molecule has 36 heavy (non-hydrogen) atoms. The predicted molar refractivity (Wildman–Crippen MR) is 141 cm³/mol. The van der Waals surface area contributed by atoms with Crippen LogP contribution in [0, 0.1) is 0 Å². The van der Waals surface area contributed by atoms with E-state index in [1.165, 1.54) is 0 Å². The summed E-state index contributed by atoms with van der Waals surface area (Å²) in [7, 11) is 0. The van der Waals surface area contributed by atoms with Crippen LogP contribution >= 0.6 is 23.2 Å². The van der Waals surface area contributed by atoms with Gasteiger partial charge in [-0.3, -0.25) is 9.59 Å². The van der Waals surface area contributed by atoms with Crippen LogP contribution in [0.4, 0.5) is 11.4 Å². The molecule has 0 radical (unpaired) electrons. The highest BCUT2D eigenvalue weighted by Crippen LogP contribution is 2.36. The van der Waals surface area contributed by atoms with Gasteiger partial charge in [0.1, 0.15) is 23.9 Å². The van der Waals surface area contributed by atoms with Crippen molar-refractivity contribution in [2.45, 2.75) is 25.9 Å². The van der Waals surface area contributed by atoms with E-state index in [1.807, 2.05) is 30.3 Å². The third kappa shape index (κ3) is 6.62. The molecule has 3 aromatic rings. The highest BCUT2D eigenvalue weighted by atomic mass is 35.5. The molecule has 0 aliphatic carbocycles. The lowest BCUT2D eigenvalue weighted by atomic mass is 10.1. The van der Waals surface area contributed by atoms with Crippen molar-refractivity contribution >= 4 is 46.4 Å². The van der Waals surface area contributed by atoms with E-state index in [0.717, 1.165) is 5.75 Å². The molecular formula is C27H26Cl2N2O5. The molecule has 0 aromatic heterocycles. The Balaban J connectivity index is 1.30. The number of carbonyl (C=O) groups is 2. The maximum absolute atomic E-state index is 12.7. The molecule has 0 bridgehead atoms. The summed E-state index contributed by atoms with van der Waals surface area (Å²) in [6.07, 6.45) is 0.130. The molecular weight excluding hydrogens is 503 g/mol. The molecule has 1 heterocycles. The molecule has 0 saturated heterocycles. The van der Waals surface area contributed by atoms with Crippen LogP contribution in [0.5, 0.6) is 17.2 Å². The summed E-state index contributed by atoms with van der Waals surface area (Å²) in [6.45, 7) is 2.75. The maximum Gasteiger partial charge on any atom is 0.267 e. The minimum absolute atomic E-state index is 0.142. The van der Waals surface area contributed by atoms with Crippen molar-refractivity contribution in [2.75, 3.05) is 30.0 Å². The average molecular weight is 529 g/mol. The molecule has 0 spiro atoms. The Morgan fingerprint density at radius 2 is 1.83 bits per heavy atom. The van der Waals surface area contributed by atoms with Crippen molar-refractivity contribution in [1.29, 1.82) is 0 Å². The van der Waals surface area contributed by atoms with Gasteiger partial charge in [-0.15, -0.1) is 0 Å². The average Bonchev–Trinajstić information content (AvgIpc) is 2.86. The van der Waals surface area contributed by atoms with Crippen LogP contribution in [0.1, 0.15) is 19.8 Å². The van der Waals surface area contributed by atoms with E-state index in [1.54, 1.807) is 48.2 Å². The number of anilines is 2. The largest absolute Gasteiger partial charge is 0.492 e. The Morgan fingerprint density at radius 3 is 2.61 bits per heavy atom. The van der Waals surface area contributed by atoms with Crippen LogP contribution in [0.3, 0.4) is 0 Å². The Morgan fingerprint density at radius 1 is 1.03 bits per heavy atom. The van der Waals surface area contributed by atoms with Gasteiger partial charge in [0.05, 0.1) is 23.9 Å². The van der Waals surface area contributed by atoms with E-state index < -0.39 is 6.10 Å². The lowest BCUT2D eigenvalue weighted by molar-refractivity contribution is -0.125. The highest BCUT2D eigenvalue weighted by Gasteiger charge is 2.31. The number of carbonyl (C=O) groups excluding carboxylic acids is 2. The molecule has 1 aliphatic heterocycles. The van der Waals surface area contributed by atoms with Crippen LogP contribution in [0.2, 0.25) is 10.0 Å². The fourth-order valence-corrected chi connectivity index (χ4v) is 4.18. The molecule has 1 atom stereocenters. The van der Waals surface area contributed by atoms with Gasteiger partial charge >= 0.3 is 0 Å². The van der Waals surface area contributed by atoms with Crippen molar-refractivity contribution in [3.63, 3.8) is 0 Å². The van der Waals surface area contributed by atoms with Crippen molar-refractivity contribution in [3.05, 3.63) is 76.8 Å². The van der Waals surface area contributed by atoms with Crippen LogP contribution in [0.25, 0.3) is 0 Å². The number of para-hydroxylation sites is 1. The van der Waals surface area contributed by atoms with Gasteiger partial charge < -0.3 is 24.4 Å². The van der Waals surface area contributed by atoms with Gasteiger partial charge in [-0.05, 0) is 55.8 Å². The number of hydrogen-bond donors (Lipinski definition) is 1. The summed E-state index contributed by atoms with van der Waals surface area (Å²) < 4.78 is 17.2. The van der Waals surface area contributed by atoms with Crippen LogP contribution in [0.15, 0.2) is 66.7 Å². The second-order valence-corrected chi connectivity index (χ2v) is 9.01. The first-order valence-corrected chi connectivity index (χ1v) is 12.3. The predicted octanol–water partition coefficient (Wildman–Crippen LogP) is 5.98. The van der Waals surface area contributed by atoms with Crippen LogP contribution < -0.4 is 24.4 Å². The number of fused-ring (bicyclic) bond motifs is 1. The maximum atomic E-state index is 12.7. The number of nitrogens with zero attached hydrogens (tertiary/aromatic N) is 1. The summed E-state index contributed by atoms with van der Waals surface area (Å²) >= 11 is 12.0. The minimum Gasteiger partial charge on any atom is -0.492 e. The number of amides is 2. The van der Waals surface area contributed by atoms with Gasteiger partial charge in [0.15, 0.2) is 6.10 Å². The standard InChI is InChI=1S/C27H26Cl2N2O5/c1-18-27(33)31(13-15-34-21-6-3-2-4-7-21)23-11-10-20(17-25(23)36-18)30-26(32)8-5-14-35-24-12-9-19(28)16-22(24)29/h2-4,6-7,9-12,16-18H,5,8,13-15H2,1H3,(H,30,32). The van der Waals surface area contributed by atoms with E-state index >= 15 is 0 Å². The Labute approximate surface area is 219 Å². The van der Waals surface area contributed by atoms with E-state index in [2.05, 4.69) is 5.32 Å². The lowest BCUT2D eigenvalue weighted by Crippen LogP contribution is -2.46. The third-order valence-electron chi connectivity index (χ3n) is 5.48. The van der Waals surface area contributed by atoms with E-state index in [-0.39, 0.29) is 18.2 Å². The number of rotatable bonds is 10. The number of ether oxygens (including phenoxy) is 3. The number of hydrogen-bond acceptors (Lipinski definition) is 5. The minimum atomic E-state index is -0.642. The van der Waals surface area contributed by atoms with Crippen molar-refractivity contribution in [3.8, 4) is 17.2 Å². The summed E-state index contributed by atoms with van der Waals surface area (Å²) in [6, 6.07) is 19.7. The summed E-state index contributed by atoms with van der Waals surface area (Å²) in [5.41, 5.74) is 1.23. The van der Waals surface area contributed by atoms with Gasteiger partial charge in [0, 0.05) is 23.2 Å². The number of benzene rings is 3. The molecule has 2 amide bonds. The summed E-state index contributed by atoms with van der Waals surface area (Å²) in [5.74, 6) is 1.49. The van der Waals surface area contributed by atoms with Crippen molar-refractivity contribution < 1.29 is 23.8 Å². The number of halogens is 2. The quantitative estimate of drug-likeness (QED) is 0.327. The first kappa shape index (κ1) is 25.7. The zero-order valence-electron chi connectivity index (χ0n) is 19.7. The monoisotopic (exact) mass is 528 g/mol. The van der Waals surface area contributed by atoms with Gasteiger partial charge in [-0.1, -0.05) is 41.4 Å². The first-order valence-electron chi connectivity index (χ1n) is 11.6. The molecule has 0 saturated carbocycles. The first-order chi connectivity index (χ1) is 17.4. The molecule has 4 rings (SSSR count). The SMILES string of the molecule is CC1Oc2cc(NC(=O)CCCOc3ccc(Cl)cc3Cl)ccc2N(CCOc2ccccc2)C1=O. The molecule has 3 aromatic carbocycles. The molecule has 188 valence electrons. The summed E-state index contributed by atoms with van der Waals surface area (Å²) in [5, 5.41) is 3.83. The zero-order chi connectivity index (χ0) is 25.5. The fourth-order valence-electron chi connectivity index (χ4n) is 3.72. The van der Waals surface area contributed by atoms with Gasteiger partial charge in [0.2, 0.25) is 5.91 Å². The van der Waals surface area contributed by atoms with E-state index in [4.69, 9.17) is 37.4 Å². The van der Waals surface area contributed by atoms with E-state index in [0.29, 0.717) is 59.1 Å². The molecule has 1 unspecified atom stereocenters. The molecule has 1 aliphatic rings.